The average Bonchev–Trinajstić information content (AvgIpc) is 3.33. The number of hydrogen-bond donors (Lipinski definition) is 0. The number of unbranched alkanes of at least 4 members (excludes halogenated alkanes) is 5. The zero-order valence-electron chi connectivity index (χ0n) is 18.4. The van der Waals surface area contributed by atoms with Crippen molar-refractivity contribution in [2.45, 2.75) is 82.9 Å². The van der Waals surface area contributed by atoms with E-state index in [1.54, 1.807) is 12.1 Å². The predicted octanol–water partition coefficient (Wildman–Crippen LogP) is 7.39. The summed E-state index contributed by atoms with van der Waals surface area (Å²) >= 11 is 7.06. The van der Waals surface area contributed by atoms with Gasteiger partial charge in [-0.3, -0.25) is 9.69 Å². The van der Waals surface area contributed by atoms with Gasteiger partial charge in [0.1, 0.15) is 21.7 Å². The first-order chi connectivity index (χ1) is 15.0. The fourth-order valence-corrected chi connectivity index (χ4v) is 5.69. The smallest absolute Gasteiger partial charge is 0.242 e. The molecule has 31 heavy (non-hydrogen) atoms. The molecule has 1 fully saturated rings. The van der Waals surface area contributed by atoms with Crippen LogP contribution in [0.5, 0.6) is 0 Å². The van der Waals surface area contributed by atoms with Gasteiger partial charge < -0.3 is 4.42 Å². The van der Waals surface area contributed by atoms with Crippen molar-refractivity contribution in [1.29, 1.82) is 0 Å². The molecule has 1 amide bonds. The molecule has 6 heteroatoms. The molecule has 0 radical (unpaired) electrons. The molecule has 0 N–H and O–H groups in total. The van der Waals surface area contributed by atoms with Crippen molar-refractivity contribution < 1.29 is 13.6 Å². The van der Waals surface area contributed by atoms with Gasteiger partial charge in [-0.05, 0) is 49.2 Å². The maximum absolute atomic E-state index is 13.1. The number of hydrogen-bond acceptors (Lipinski definition) is 4. The zero-order chi connectivity index (χ0) is 22.2. The molecule has 1 aliphatic heterocycles. The van der Waals surface area contributed by atoms with E-state index < -0.39 is 0 Å². The molecule has 2 atom stereocenters. The molecular formula is C25H32FNO2S2. The Balaban J connectivity index is 1.56. The van der Waals surface area contributed by atoms with Crippen LogP contribution in [0.2, 0.25) is 0 Å². The lowest BCUT2D eigenvalue weighted by atomic mass is 10.0. The molecule has 2 unspecified atom stereocenters. The van der Waals surface area contributed by atoms with Crippen molar-refractivity contribution in [3.8, 4) is 11.3 Å². The second-order valence-corrected chi connectivity index (χ2v) is 10.0. The number of carbonyl (C=O) groups is 1. The Morgan fingerprint density at radius 2 is 1.77 bits per heavy atom. The largest absolute Gasteiger partial charge is 0.461 e. The zero-order valence-corrected chi connectivity index (χ0v) is 20.1. The average molecular weight is 462 g/mol. The van der Waals surface area contributed by atoms with Crippen LogP contribution < -0.4 is 0 Å². The van der Waals surface area contributed by atoms with Crippen LogP contribution in [0, 0.1) is 5.82 Å². The van der Waals surface area contributed by atoms with Crippen LogP contribution in [0.3, 0.4) is 0 Å². The van der Waals surface area contributed by atoms with Gasteiger partial charge in [-0.25, -0.2) is 4.39 Å². The molecule has 0 saturated carbocycles. The molecule has 3 rings (SSSR count). The number of nitrogens with zero attached hydrogens (tertiary/aromatic N) is 1. The Hall–Kier alpha value is -1.66. The Morgan fingerprint density at radius 1 is 1.06 bits per heavy atom. The minimum Gasteiger partial charge on any atom is -0.461 e. The van der Waals surface area contributed by atoms with E-state index in [1.165, 1.54) is 56.0 Å². The van der Waals surface area contributed by atoms with Crippen molar-refractivity contribution in [2.75, 3.05) is 0 Å². The van der Waals surface area contributed by atoms with Gasteiger partial charge in [0.2, 0.25) is 5.91 Å². The van der Waals surface area contributed by atoms with Gasteiger partial charge in [0.25, 0.3) is 0 Å². The Labute approximate surface area is 194 Å². The summed E-state index contributed by atoms with van der Waals surface area (Å²) in [4.78, 5) is 15.0. The summed E-state index contributed by atoms with van der Waals surface area (Å²) in [5.41, 5.74) is 0.820. The van der Waals surface area contributed by atoms with E-state index in [4.69, 9.17) is 16.6 Å². The van der Waals surface area contributed by atoms with Crippen LogP contribution in [-0.4, -0.2) is 26.4 Å². The van der Waals surface area contributed by atoms with Crippen molar-refractivity contribution in [3.05, 3.63) is 48.0 Å². The molecule has 0 aliphatic carbocycles. The molecule has 168 valence electrons. The highest BCUT2D eigenvalue weighted by Gasteiger charge is 2.40. The molecule has 2 aromatic rings. The second-order valence-electron chi connectivity index (χ2n) is 8.18. The third kappa shape index (κ3) is 6.42. The van der Waals surface area contributed by atoms with Gasteiger partial charge in [-0.2, -0.15) is 0 Å². The second kappa shape index (κ2) is 11.8. The van der Waals surface area contributed by atoms with Gasteiger partial charge in [-0.15, -0.1) is 0 Å². The van der Waals surface area contributed by atoms with Crippen LogP contribution in [0.1, 0.15) is 71.0 Å². The summed E-state index contributed by atoms with van der Waals surface area (Å²) in [6, 6.07) is 10.2. The highest BCUT2D eigenvalue weighted by atomic mass is 32.2. The first-order valence-electron chi connectivity index (χ1n) is 11.4. The maximum atomic E-state index is 13.1. The van der Waals surface area contributed by atoms with Gasteiger partial charge in [0.15, 0.2) is 0 Å². The SMILES string of the molecule is CCCCCCCCC(CC)N1C(=O)C(Cc2ccc(-c3ccc(F)cc3)o2)SC1=S. The first-order valence-corrected chi connectivity index (χ1v) is 12.7. The van der Waals surface area contributed by atoms with Crippen molar-refractivity contribution in [1.82, 2.24) is 4.90 Å². The number of halogens is 1. The third-order valence-corrected chi connectivity index (χ3v) is 7.39. The number of rotatable bonds is 12. The summed E-state index contributed by atoms with van der Waals surface area (Å²) in [7, 11) is 0. The van der Waals surface area contributed by atoms with Crippen molar-refractivity contribution >= 4 is 34.2 Å². The standard InChI is InChI=1S/C25H32FNO2S2/c1-3-5-6-7-8-9-10-20(4-2)27-24(28)23(31-25(27)30)17-21-15-16-22(29-21)18-11-13-19(26)14-12-18/h11-16,20,23H,3-10,17H2,1-2H3. The molecule has 0 spiro atoms. The van der Waals surface area contributed by atoms with E-state index >= 15 is 0 Å². The number of thiocarbonyl (C=S) groups is 1. The number of furan rings is 1. The summed E-state index contributed by atoms with van der Waals surface area (Å²) in [6.07, 6.45) is 9.94. The van der Waals surface area contributed by atoms with Crippen LogP contribution >= 0.6 is 24.0 Å². The summed E-state index contributed by atoms with van der Waals surface area (Å²) < 4.78 is 19.8. The molecule has 1 aromatic carbocycles. The van der Waals surface area contributed by atoms with E-state index in [9.17, 15) is 9.18 Å². The molecule has 1 aromatic heterocycles. The normalized spacial score (nSPS) is 17.5. The minimum atomic E-state index is -0.275. The molecule has 1 saturated heterocycles. The van der Waals surface area contributed by atoms with E-state index in [0.717, 1.165) is 30.6 Å². The lowest BCUT2D eigenvalue weighted by Gasteiger charge is -2.26. The number of benzene rings is 1. The van der Waals surface area contributed by atoms with Gasteiger partial charge in [-0.1, -0.05) is 76.4 Å². The summed E-state index contributed by atoms with van der Waals surface area (Å²) in [5.74, 6) is 1.26. The Bertz CT molecular complexity index is 865. The van der Waals surface area contributed by atoms with Crippen molar-refractivity contribution in [2.24, 2.45) is 0 Å². The van der Waals surface area contributed by atoms with Gasteiger partial charge >= 0.3 is 0 Å². The van der Waals surface area contributed by atoms with E-state index in [0.29, 0.717) is 16.5 Å². The van der Waals surface area contributed by atoms with Gasteiger partial charge in [0.05, 0.1) is 5.25 Å². The fourth-order valence-electron chi connectivity index (χ4n) is 4.05. The summed E-state index contributed by atoms with van der Waals surface area (Å²) in [6.45, 7) is 4.37. The Kier molecular flexibility index (Phi) is 9.15. The Morgan fingerprint density at radius 3 is 2.48 bits per heavy atom. The van der Waals surface area contributed by atoms with E-state index in [-0.39, 0.29) is 23.0 Å². The van der Waals surface area contributed by atoms with E-state index in [1.807, 2.05) is 17.0 Å². The molecule has 3 nitrogen and oxygen atoms in total. The quantitative estimate of drug-likeness (QED) is 0.244. The van der Waals surface area contributed by atoms with Crippen LogP contribution in [0.4, 0.5) is 4.39 Å². The number of amides is 1. The number of thioether (sulfide) groups is 1. The number of carbonyl (C=O) groups excluding carboxylic acids is 1. The third-order valence-electron chi connectivity index (χ3n) is 5.86. The van der Waals surface area contributed by atoms with Gasteiger partial charge in [0, 0.05) is 18.0 Å². The highest BCUT2D eigenvalue weighted by Crippen LogP contribution is 2.34. The fraction of sp³-hybridized carbons (Fsp3) is 0.520. The molecule has 1 aliphatic rings. The summed E-state index contributed by atoms with van der Waals surface area (Å²) in [5, 5.41) is -0.238. The van der Waals surface area contributed by atoms with E-state index in [2.05, 4.69) is 13.8 Å². The maximum Gasteiger partial charge on any atom is 0.242 e. The molecule has 2 heterocycles. The van der Waals surface area contributed by atoms with Crippen LogP contribution in [0.25, 0.3) is 11.3 Å². The minimum absolute atomic E-state index is 0.104. The monoisotopic (exact) mass is 461 g/mol. The molecular weight excluding hydrogens is 429 g/mol. The highest BCUT2D eigenvalue weighted by molar-refractivity contribution is 8.24. The van der Waals surface area contributed by atoms with Crippen LogP contribution in [0.15, 0.2) is 40.8 Å². The topological polar surface area (TPSA) is 33.5 Å². The lowest BCUT2D eigenvalue weighted by Crippen LogP contribution is -2.40. The lowest BCUT2D eigenvalue weighted by molar-refractivity contribution is -0.127. The molecule has 0 bridgehead atoms. The van der Waals surface area contributed by atoms with Crippen LogP contribution in [-0.2, 0) is 11.2 Å². The first kappa shape index (κ1) is 24.0. The van der Waals surface area contributed by atoms with Crippen molar-refractivity contribution in [3.63, 3.8) is 0 Å². The predicted molar refractivity (Wildman–Crippen MR) is 131 cm³/mol.